The highest BCUT2D eigenvalue weighted by atomic mass is 32.2. The third-order valence-corrected chi connectivity index (χ3v) is 5.83. The van der Waals surface area contributed by atoms with Gasteiger partial charge in [-0.05, 0) is 35.8 Å². The highest BCUT2D eigenvalue weighted by molar-refractivity contribution is 7.91. The van der Waals surface area contributed by atoms with Gasteiger partial charge in [0, 0.05) is 30.0 Å². The maximum absolute atomic E-state index is 12.2. The molecule has 23 heavy (non-hydrogen) atoms. The van der Waals surface area contributed by atoms with E-state index in [1.165, 1.54) is 0 Å². The molecule has 0 N–H and O–H groups in total. The fraction of sp³-hybridized carbons (Fsp3) is 0.222. The number of carbonyl (C=O) groups excluding carboxylic acids is 1. The van der Waals surface area contributed by atoms with Crippen LogP contribution in [0, 0.1) is 0 Å². The number of nitrogens with zero attached hydrogens (tertiary/aromatic N) is 1. The molecule has 2 aromatic rings. The summed E-state index contributed by atoms with van der Waals surface area (Å²) < 4.78 is 23.8. The average molecular weight is 327 g/mol. The Hall–Kier alpha value is -2.27. The van der Waals surface area contributed by atoms with E-state index in [0.717, 1.165) is 16.7 Å². The van der Waals surface area contributed by atoms with E-state index in [-0.39, 0.29) is 11.5 Å². The predicted octanol–water partition coefficient (Wildman–Crippen LogP) is 3.15. The number of rotatable bonds is 4. The molecule has 1 heterocycles. The third-order valence-electron chi connectivity index (χ3n) is 4.07. The van der Waals surface area contributed by atoms with Crippen molar-refractivity contribution < 1.29 is 13.2 Å². The second kappa shape index (κ2) is 6.08. The Kier molecular flexibility index (Phi) is 4.13. The molecule has 1 aliphatic carbocycles. The van der Waals surface area contributed by atoms with Crippen molar-refractivity contribution in [1.29, 1.82) is 0 Å². The van der Waals surface area contributed by atoms with E-state index in [9.17, 15) is 13.2 Å². The molecule has 5 heteroatoms. The van der Waals surface area contributed by atoms with Crippen molar-refractivity contribution in [3.8, 4) is 0 Å². The molecule has 118 valence electrons. The van der Waals surface area contributed by atoms with E-state index >= 15 is 0 Å². The average Bonchev–Trinajstić information content (AvgIpc) is 2.97. The minimum atomic E-state index is -3.21. The lowest BCUT2D eigenvalue weighted by atomic mass is 9.98. The van der Waals surface area contributed by atoms with Crippen LogP contribution in [0.25, 0.3) is 11.1 Å². The standard InChI is InChI=1S/C18H17NO3S/c1-2-23(21,22)15-7-5-13(6-8-15)16-9-10-17(20)18(16)14-4-3-11-19-12-14/h3-8,11-12H,2,9-10H2,1H3. The van der Waals surface area contributed by atoms with E-state index in [1.807, 2.05) is 12.1 Å². The quantitative estimate of drug-likeness (QED) is 0.865. The Morgan fingerprint density at radius 2 is 1.78 bits per heavy atom. The molecule has 0 aliphatic heterocycles. The van der Waals surface area contributed by atoms with Crippen LogP contribution in [0.15, 0.2) is 53.7 Å². The summed E-state index contributed by atoms with van der Waals surface area (Å²) >= 11 is 0. The Morgan fingerprint density at radius 3 is 2.39 bits per heavy atom. The molecule has 0 radical (unpaired) electrons. The summed E-state index contributed by atoms with van der Waals surface area (Å²) in [6.07, 6.45) is 4.51. The number of hydrogen-bond acceptors (Lipinski definition) is 4. The van der Waals surface area contributed by atoms with E-state index in [4.69, 9.17) is 0 Å². The van der Waals surface area contributed by atoms with Crippen LogP contribution in [0.3, 0.4) is 0 Å². The van der Waals surface area contributed by atoms with Crippen molar-refractivity contribution in [2.45, 2.75) is 24.7 Å². The van der Waals surface area contributed by atoms with E-state index in [1.54, 1.807) is 43.6 Å². The van der Waals surface area contributed by atoms with Crippen LogP contribution >= 0.6 is 0 Å². The van der Waals surface area contributed by atoms with Crippen molar-refractivity contribution in [2.24, 2.45) is 0 Å². The molecule has 0 bridgehead atoms. The highest BCUT2D eigenvalue weighted by Crippen LogP contribution is 2.37. The summed E-state index contributed by atoms with van der Waals surface area (Å²) in [5.74, 6) is 0.187. The van der Waals surface area contributed by atoms with Crippen LogP contribution in [0.4, 0.5) is 0 Å². The molecule has 1 aliphatic rings. The molecular formula is C18H17NO3S. The second-order valence-corrected chi connectivity index (χ2v) is 7.72. The van der Waals surface area contributed by atoms with Crippen LogP contribution in [0.1, 0.15) is 30.9 Å². The summed E-state index contributed by atoms with van der Waals surface area (Å²) in [7, 11) is -3.21. The molecule has 1 aromatic carbocycles. The van der Waals surface area contributed by atoms with Crippen LogP contribution in [-0.4, -0.2) is 24.9 Å². The summed E-state index contributed by atoms with van der Waals surface area (Å²) in [5.41, 5.74) is 3.37. The van der Waals surface area contributed by atoms with Gasteiger partial charge in [0.2, 0.25) is 0 Å². The molecule has 0 spiro atoms. The topological polar surface area (TPSA) is 64.1 Å². The van der Waals surface area contributed by atoms with Crippen molar-refractivity contribution in [2.75, 3.05) is 5.75 Å². The predicted molar refractivity (Wildman–Crippen MR) is 89.5 cm³/mol. The van der Waals surface area contributed by atoms with Gasteiger partial charge in [-0.15, -0.1) is 0 Å². The Morgan fingerprint density at radius 1 is 1.04 bits per heavy atom. The Bertz CT molecular complexity index is 866. The first-order valence-corrected chi connectivity index (χ1v) is 9.18. The van der Waals surface area contributed by atoms with E-state index < -0.39 is 9.84 Å². The van der Waals surface area contributed by atoms with Crippen molar-refractivity contribution in [3.05, 3.63) is 59.9 Å². The maximum Gasteiger partial charge on any atom is 0.178 e. The molecule has 4 nitrogen and oxygen atoms in total. The zero-order valence-corrected chi connectivity index (χ0v) is 13.6. The number of ketones is 1. The normalized spacial score (nSPS) is 15.3. The lowest BCUT2D eigenvalue weighted by Gasteiger charge is -2.08. The van der Waals surface area contributed by atoms with Crippen molar-refractivity contribution >= 4 is 26.8 Å². The van der Waals surface area contributed by atoms with Crippen LogP contribution < -0.4 is 0 Å². The maximum atomic E-state index is 12.2. The smallest absolute Gasteiger partial charge is 0.178 e. The van der Waals surface area contributed by atoms with Crippen molar-refractivity contribution in [1.82, 2.24) is 4.98 Å². The summed E-state index contributed by atoms with van der Waals surface area (Å²) in [4.78, 5) is 16.6. The van der Waals surface area contributed by atoms with Crippen LogP contribution in [-0.2, 0) is 14.6 Å². The van der Waals surface area contributed by atoms with Gasteiger partial charge in [-0.1, -0.05) is 25.1 Å². The number of sulfone groups is 1. The zero-order chi connectivity index (χ0) is 16.4. The molecule has 0 saturated heterocycles. The van der Waals surface area contributed by atoms with Crippen LogP contribution in [0.2, 0.25) is 0 Å². The number of allylic oxidation sites excluding steroid dienone is 2. The van der Waals surface area contributed by atoms with Gasteiger partial charge < -0.3 is 0 Å². The lowest BCUT2D eigenvalue weighted by molar-refractivity contribution is -0.113. The highest BCUT2D eigenvalue weighted by Gasteiger charge is 2.25. The second-order valence-electron chi connectivity index (χ2n) is 5.45. The van der Waals surface area contributed by atoms with E-state index in [0.29, 0.717) is 23.3 Å². The van der Waals surface area contributed by atoms with Gasteiger partial charge in [-0.25, -0.2) is 8.42 Å². The van der Waals surface area contributed by atoms with Gasteiger partial charge in [0.1, 0.15) is 0 Å². The lowest BCUT2D eigenvalue weighted by Crippen LogP contribution is -2.03. The first-order chi connectivity index (χ1) is 11.0. The third kappa shape index (κ3) is 2.97. The Balaban J connectivity index is 2.06. The molecule has 0 unspecified atom stereocenters. The Labute approximate surface area is 135 Å². The molecule has 0 fully saturated rings. The minimum absolute atomic E-state index is 0.0778. The van der Waals surface area contributed by atoms with Gasteiger partial charge in [0.05, 0.1) is 10.6 Å². The largest absolute Gasteiger partial charge is 0.294 e. The SMILES string of the molecule is CCS(=O)(=O)c1ccc(C2=C(c3cccnc3)C(=O)CC2)cc1. The molecular weight excluding hydrogens is 310 g/mol. The van der Waals surface area contributed by atoms with Gasteiger partial charge >= 0.3 is 0 Å². The fourth-order valence-electron chi connectivity index (χ4n) is 2.82. The van der Waals surface area contributed by atoms with E-state index in [2.05, 4.69) is 4.98 Å². The van der Waals surface area contributed by atoms with Gasteiger partial charge in [-0.3, -0.25) is 9.78 Å². The summed E-state index contributed by atoms with van der Waals surface area (Å²) in [6.45, 7) is 1.63. The number of benzene rings is 1. The summed E-state index contributed by atoms with van der Waals surface area (Å²) in [5, 5.41) is 0. The van der Waals surface area contributed by atoms with Gasteiger partial charge in [0.25, 0.3) is 0 Å². The molecule has 1 aromatic heterocycles. The minimum Gasteiger partial charge on any atom is -0.294 e. The summed E-state index contributed by atoms with van der Waals surface area (Å²) in [6, 6.07) is 10.5. The monoisotopic (exact) mass is 327 g/mol. The number of pyridine rings is 1. The first kappa shape index (κ1) is 15.6. The zero-order valence-electron chi connectivity index (χ0n) is 12.8. The molecule has 0 atom stereocenters. The number of Topliss-reactive ketones (excluding diaryl/α,β-unsaturated/α-hetero) is 1. The number of carbonyl (C=O) groups is 1. The first-order valence-electron chi connectivity index (χ1n) is 7.53. The molecule has 3 rings (SSSR count). The number of hydrogen-bond donors (Lipinski definition) is 0. The number of aromatic nitrogens is 1. The molecule has 0 saturated carbocycles. The van der Waals surface area contributed by atoms with Crippen LogP contribution in [0.5, 0.6) is 0 Å². The van der Waals surface area contributed by atoms with Crippen molar-refractivity contribution in [3.63, 3.8) is 0 Å². The fourth-order valence-corrected chi connectivity index (χ4v) is 3.71. The van der Waals surface area contributed by atoms with Gasteiger partial charge in [0.15, 0.2) is 15.6 Å². The van der Waals surface area contributed by atoms with Gasteiger partial charge in [-0.2, -0.15) is 0 Å². The molecule has 0 amide bonds.